The van der Waals surface area contributed by atoms with E-state index in [0.717, 1.165) is 13.0 Å². The highest BCUT2D eigenvalue weighted by atomic mass is 35.5. The van der Waals surface area contributed by atoms with Crippen LogP contribution in [0, 0.1) is 5.82 Å². The molecule has 0 aliphatic carbocycles. The molecular weight excluding hydrogens is 253 g/mol. The lowest BCUT2D eigenvalue weighted by atomic mass is 9.70. The Kier molecular flexibility index (Phi) is 3.31. The number of hydrogen-bond acceptors (Lipinski definition) is 2. The minimum absolute atomic E-state index is 0.171. The molecule has 0 amide bonds. The van der Waals surface area contributed by atoms with Crippen LogP contribution in [0.15, 0.2) is 18.2 Å². The van der Waals surface area contributed by atoms with Crippen molar-refractivity contribution in [2.75, 3.05) is 19.8 Å². The van der Waals surface area contributed by atoms with Gasteiger partial charge in [0.15, 0.2) is 0 Å². The largest absolute Gasteiger partial charge is 0.379 e. The average molecular weight is 270 g/mol. The van der Waals surface area contributed by atoms with E-state index in [1.165, 1.54) is 18.9 Å². The van der Waals surface area contributed by atoms with Crippen LogP contribution in [-0.2, 0) is 10.2 Å². The van der Waals surface area contributed by atoms with E-state index in [1.54, 1.807) is 12.1 Å². The van der Waals surface area contributed by atoms with E-state index in [1.807, 2.05) is 0 Å². The molecule has 1 N–H and O–H groups in total. The predicted molar refractivity (Wildman–Crippen MR) is 69.5 cm³/mol. The van der Waals surface area contributed by atoms with Crippen molar-refractivity contribution in [1.29, 1.82) is 0 Å². The Morgan fingerprint density at radius 3 is 2.78 bits per heavy atom. The van der Waals surface area contributed by atoms with E-state index in [2.05, 4.69) is 5.32 Å². The lowest BCUT2D eigenvalue weighted by Gasteiger charge is -2.49. The fourth-order valence-corrected chi connectivity index (χ4v) is 3.24. The van der Waals surface area contributed by atoms with Gasteiger partial charge in [-0.05, 0) is 37.6 Å². The molecule has 1 atom stereocenters. The fraction of sp³-hybridized carbons (Fsp3) is 0.571. The van der Waals surface area contributed by atoms with Crippen LogP contribution in [-0.4, -0.2) is 25.8 Å². The quantitative estimate of drug-likeness (QED) is 0.891. The summed E-state index contributed by atoms with van der Waals surface area (Å²) in [4.78, 5) is 0. The van der Waals surface area contributed by atoms with Crippen LogP contribution in [0.25, 0.3) is 0 Å². The SMILES string of the molecule is Fc1ccc(Cl)cc1C1(C2CCCCN2)COC1. The molecule has 2 aliphatic heterocycles. The van der Waals surface area contributed by atoms with Gasteiger partial charge in [-0.15, -0.1) is 0 Å². The van der Waals surface area contributed by atoms with E-state index in [9.17, 15) is 4.39 Å². The molecule has 2 saturated heterocycles. The van der Waals surface area contributed by atoms with Crippen LogP contribution in [0.3, 0.4) is 0 Å². The van der Waals surface area contributed by atoms with Gasteiger partial charge in [0, 0.05) is 16.6 Å². The molecule has 1 aromatic carbocycles. The number of ether oxygens (including phenoxy) is 1. The number of piperidine rings is 1. The standard InChI is InChI=1S/C14H17ClFNO/c15-10-4-5-12(16)11(7-10)14(8-18-9-14)13-3-1-2-6-17-13/h4-5,7,13,17H,1-3,6,8-9H2. The van der Waals surface area contributed by atoms with Crippen LogP contribution in [0.5, 0.6) is 0 Å². The third-order valence-electron chi connectivity index (χ3n) is 4.16. The zero-order valence-corrected chi connectivity index (χ0v) is 11.0. The lowest BCUT2D eigenvalue weighted by Crippen LogP contribution is -2.61. The summed E-state index contributed by atoms with van der Waals surface area (Å²) in [7, 11) is 0. The second-order valence-corrected chi connectivity index (χ2v) is 5.71. The maximum atomic E-state index is 14.1. The Morgan fingerprint density at radius 1 is 1.33 bits per heavy atom. The first-order valence-corrected chi connectivity index (χ1v) is 6.87. The third-order valence-corrected chi connectivity index (χ3v) is 4.40. The number of halogens is 2. The molecule has 2 fully saturated rings. The average Bonchev–Trinajstić information content (AvgIpc) is 2.34. The minimum atomic E-state index is -0.227. The third kappa shape index (κ3) is 1.94. The van der Waals surface area contributed by atoms with E-state index >= 15 is 0 Å². The van der Waals surface area contributed by atoms with Gasteiger partial charge in [-0.3, -0.25) is 0 Å². The first kappa shape index (κ1) is 12.4. The first-order chi connectivity index (χ1) is 8.72. The minimum Gasteiger partial charge on any atom is -0.379 e. The van der Waals surface area contributed by atoms with Gasteiger partial charge < -0.3 is 10.1 Å². The van der Waals surface area contributed by atoms with Crippen molar-refractivity contribution in [2.45, 2.75) is 30.7 Å². The highest BCUT2D eigenvalue weighted by molar-refractivity contribution is 6.30. The molecule has 2 nitrogen and oxygen atoms in total. The molecule has 0 spiro atoms. The summed E-state index contributed by atoms with van der Waals surface area (Å²) in [6.07, 6.45) is 3.47. The molecular formula is C14H17ClFNO. The van der Waals surface area contributed by atoms with Gasteiger partial charge in [0.1, 0.15) is 5.82 Å². The molecule has 0 aromatic heterocycles. The second-order valence-electron chi connectivity index (χ2n) is 5.28. The number of benzene rings is 1. The predicted octanol–water partition coefficient (Wildman–Crippen LogP) is 2.89. The normalized spacial score (nSPS) is 26.7. The Morgan fingerprint density at radius 2 is 2.17 bits per heavy atom. The molecule has 1 aromatic rings. The van der Waals surface area contributed by atoms with Gasteiger partial charge in [0.05, 0.1) is 18.6 Å². The first-order valence-electron chi connectivity index (χ1n) is 6.49. The highest BCUT2D eigenvalue weighted by Crippen LogP contribution is 2.40. The zero-order valence-electron chi connectivity index (χ0n) is 10.2. The van der Waals surface area contributed by atoms with Crippen molar-refractivity contribution in [3.63, 3.8) is 0 Å². The number of hydrogen-bond donors (Lipinski definition) is 1. The molecule has 1 unspecified atom stereocenters. The second kappa shape index (κ2) is 4.80. The van der Waals surface area contributed by atoms with Gasteiger partial charge in [-0.1, -0.05) is 18.0 Å². The van der Waals surface area contributed by atoms with Crippen molar-refractivity contribution in [3.8, 4) is 0 Å². The summed E-state index contributed by atoms with van der Waals surface area (Å²) in [6, 6.07) is 5.12. The zero-order chi connectivity index (χ0) is 12.6. The Hall–Kier alpha value is -0.640. The summed E-state index contributed by atoms with van der Waals surface area (Å²) < 4.78 is 19.5. The maximum Gasteiger partial charge on any atom is 0.127 e. The van der Waals surface area contributed by atoms with Crippen LogP contribution in [0.1, 0.15) is 24.8 Å². The number of rotatable bonds is 2. The molecule has 0 saturated carbocycles. The van der Waals surface area contributed by atoms with Gasteiger partial charge in [-0.2, -0.15) is 0 Å². The Bertz CT molecular complexity index is 441. The van der Waals surface area contributed by atoms with Crippen molar-refractivity contribution in [2.24, 2.45) is 0 Å². The highest BCUT2D eigenvalue weighted by Gasteiger charge is 2.48. The summed E-state index contributed by atoms with van der Waals surface area (Å²) in [6.45, 7) is 2.18. The molecule has 98 valence electrons. The van der Waals surface area contributed by atoms with Gasteiger partial charge >= 0.3 is 0 Å². The summed E-state index contributed by atoms with van der Waals surface area (Å²) in [5, 5.41) is 4.11. The van der Waals surface area contributed by atoms with Crippen molar-refractivity contribution < 1.29 is 9.13 Å². The molecule has 0 bridgehead atoms. The molecule has 3 rings (SSSR count). The lowest BCUT2D eigenvalue weighted by molar-refractivity contribution is -0.0842. The summed E-state index contributed by atoms with van der Waals surface area (Å²) >= 11 is 6.01. The van der Waals surface area contributed by atoms with Crippen molar-refractivity contribution >= 4 is 11.6 Å². The molecule has 0 radical (unpaired) electrons. The van der Waals surface area contributed by atoms with Crippen LogP contribution in [0.2, 0.25) is 5.02 Å². The van der Waals surface area contributed by atoms with E-state index in [0.29, 0.717) is 29.8 Å². The topological polar surface area (TPSA) is 21.3 Å². The van der Waals surface area contributed by atoms with Gasteiger partial charge in [0.2, 0.25) is 0 Å². The molecule has 2 heterocycles. The van der Waals surface area contributed by atoms with E-state index < -0.39 is 0 Å². The van der Waals surface area contributed by atoms with E-state index in [4.69, 9.17) is 16.3 Å². The van der Waals surface area contributed by atoms with Crippen LogP contribution in [0.4, 0.5) is 4.39 Å². The fourth-order valence-electron chi connectivity index (χ4n) is 3.07. The maximum absolute atomic E-state index is 14.1. The van der Waals surface area contributed by atoms with Gasteiger partial charge in [0.25, 0.3) is 0 Å². The summed E-state index contributed by atoms with van der Waals surface area (Å²) in [5.41, 5.74) is 0.482. The van der Waals surface area contributed by atoms with Crippen LogP contribution < -0.4 is 5.32 Å². The van der Waals surface area contributed by atoms with E-state index in [-0.39, 0.29) is 11.2 Å². The Balaban J connectivity index is 1.97. The molecule has 18 heavy (non-hydrogen) atoms. The Labute approximate surface area is 111 Å². The summed E-state index contributed by atoms with van der Waals surface area (Å²) in [5.74, 6) is -0.171. The molecule has 4 heteroatoms. The van der Waals surface area contributed by atoms with Crippen molar-refractivity contribution in [1.82, 2.24) is 5.32 Å². The smallest absolute Gasteiger partial charge is 0.127 e. The number of nitrogens with one attached hydrogen (secondary N) is 1. The monoisotopic (exact) mass is 269 g/mol. The van der Waals surface area contributed by atoms with Crippen molar-refractivity contribution in [3.05, 3.63) is 34.6 Å². The van der Waals surface area contributed by atoms with Crippen LogP contribution >= 0.6 is 11.6 Å². The van der Waals surface area contributed by atoms with Gasteiger partial charge in [-0.25, -0.2) is 4.39 Å². The molecule has 2 aliphatic rings.